The molecule has 0 aromatic heterocycles. The normalized spacial score (nSPS) is 12.2. The van der Waals surface area contributed by atoms with Crippen LogP contribution < -0.4 is 5.73 Å². The Kier molecular flexibility index (Phi) is 3.57. The van der Waals surface area contributed by atoms with Crippen molar-refractivity contribution in [1.82, 2.24) is 0 Å². The van der Waals surface area contributed by atoms with Crippen LogP contribution in [0.3, 0.4) is 0 Å². The topological polar surface area (TPSA) is 60.2 Å². The van der Waals surface area contributed by atoms with Crippen LogP contribution in [0.1, 0.15) is 13.3 Å². The fraction of sp³-hybridized carbons (Fsp3) is 0.429. The molecule has 0 aromatic rings. The smallest absolute Gasteiger partial charge is 0.157 e. The van der Waals surface area contributed by atoms with E-state index in [1.807, 2.05) is 0 Å². The van der Waals surface area contributed by atoms with Gasteiger partial charge in [-0.3, -0.25) is 9.59 Å². The summed E-state index contributed by atoms with van der Waals surface area (Å²) < 4.78 is 0. The van der Waals surface area contributed by atoms with Crippen LogP contribution in [-0.2, 0) is 9.59 Å². The van der Waals surface area contributed by atoms with Crippen molar-refractivity contribution in [2.45, 2.75) is 19.4 Å². The van der Waals surface area contributed by atoms with Crippen molar-refractivity contribution in [3.63, 3.8) is 0 Å². The molecule has 2 N–H and O–H groups in total. The third-order valence-corrected chi connectivity index (χ3v) is 1.17. The van der Waals surface area contributed by atoms with Crippen LogP contribution in [0.2, 0.25) is 0 Å². The lowest BCUT2D eigenvalue weighted by molar-refractivity contribution is -0.122. The molecule has 1 atom stereocenters. The van der Waals surface area contributed by atoms with Crippen molar-refractivity contribution in [2.75, 3.05) is 0 Å². The quantitative estimate of drug-likeness (QED) is 0.562. The van der Waals surface area contributed by atoms with Gasteiger partial charge >= 0.3 is 0 Å². The molecule has 0 saturated carbocycles. The van der Waals surface area contributed by atoms with E-state index < -0.39 is 6.04 Å². The number of carbonyl (C=O) groups is 2. The van der Waals surface area contributed by atoms with Crippen LogP contribution in [0.5, 0.6) is 0 Å². The predicted octanol–water partition coefficient (Wildman–Crippen LogP) is 0.0479. The van der Waals surface area contributed by atoms with E-state index in [4.69, 9.17) is 5.73 Å². The summed E-state index contributed by atoms with van der Waals surface area (Å²) in [5.41, 5.74) is 5.27. The highest BCUT2D eigenvalue weighted by Gasteiger charge is 2.10. The molecule has 0 aliphatic rings. The highest BCUT2D eigenvalue weighted by atomic mass is 16.1. The van der Waals surface area contributed by atoms with Crippen LogP contribution in [-0.4, -0.2) is 17.6 Å². The third kappa shape index (κ3) is 3.14. The standard InChI is InChI=1S/C7H11NO2/c1-3-6(10)4-7(8)5(2)9/h3,7H,1,4,8H2,2H3. The Bertz CT molecular complexity index is 163. The average Bonchev–Trinajstić information content (AvgIpc) is 1.87. The number of ketones is 2. The lowest BCUT2D eigenvalue weighted by Gasteiger charge is -2.02. The van der Waals surface area contributed by atoms with Gasteiger partial charge in [0.1, 0.15) is 5.78 Å². The molecule has 56 valence electrons. The lowest BCUT2D eigenvalue weighted by Crippen LogP contribution is -2.30. The summed E-state index contributed by atoms with van der Waals surface area (Å²) in [6, 6.07) is -0.662. The van der Waals surface area contributed by atoms with Crippen molar-refractivity contribution in [3.8, 4) is 0 Å². The largest absolute Gasteiger partial charge is 0.321 e. The van der Waals surface area contributed by atoms with Gasteiger partial charge in [-0.15, -0.1) is 0 Å². The fourth-order valence-corrected chi connectivity index (χ4v) is 0.444. The number of Topliss-reactive ketones (excluding diaryl/α,β-unsaturated/α-hetero) is 1. The first-order chi connectivity index (χ1) is 4.57. The Morgan fingerprint density at radius 3 is 2.50 bits per heavy atom. The molecule has 0 amide bonds. The molecule has 0 fully saturated rings. The number of carbonyl (C=O) groups excluding carboxylic acids is 2. The molecule has 0 spiro atoms. The Balaban J connectivity index is 3.79. The summed E-state index contributed by atoms with van der Waals surface area (Å²) in [4.78, 5) is 21.1. The maximum atomic E-state index is 10.6. The van der Waals surface area contributed by atoms with Crippen molar-refractivity contribution in [3.05, 3.63) is 12.7 Å². The monoisotopic (exact) mass is 141 g/mol. The number of nitrogens with two attached hydrogens (primary N) is 1. The number of rotatable bonds is 4. The second kappa shape index (κ2) is 3.95. The third-order valence-electron chi connectivity index (χ3n) is 1.17. The van der Waals surface area contributed by atoms with E-state index in [-0.39, 0.29) is 18.0 Å². The predicted molar refractivity (Wildman–Crippen MR) is 38.5 cm³/mol. The van der Waals surface area contributed by atoms with Gasteiger partial charge in [0.15, 0.2) is 5.78 Å². The molecular formula is C7H11NO2. The second-order valence-corrected chi connectivity index (χ2v) is 2.09. The molecule has 0 bridgehead atoms. The molecular weight excluding hydrogens is 130 g/mol. The summed E-state index contributed by atoms with van der Waals surface area (Å²) in [5.74, 6) is -0.363. The van der Waals surface area contributed by atoms with Gasteiger partial charge in [0, 0.05) is 6.42 Å². The van der Waals surface area contributed by atoms with Crippen molar-refractivity contribution >= 4 is 11.6 Å². The Hall–Kier alpha value is -0.960. The maximum Gasteiger partial charge on any atom is 0.157 e. The van der Waals surface area contributed by atoms with E-state index in [0.29, 0.717) is 0 Å². The highest BCUT2D eigenvalue weighted by molar-refractivity contribution is 5.94. The zero-order valence-electron chi connectivity index (χ0n) is 5.96. The van der Waals surface area contributed by atoms with Crippen molar-refractivity contribution < 1.29 is 9.59 Å². The first-order valence-electron chi connectivity index (χ1n) is 2.99. The SMILES string of the molecule is C=CC(=O)CC(N)C(C)=O. The van der Waals surface area contributed by atoms with Gasteiger partial charge < -0.3 is 5.73 Å². The highest BCUT2D eigenvalue weighted by Crippen LogP contribution is 1.91. The van der Waals surface area contributed by atoms with Crippen LogP contribution >= 0.6 is 0 Å². The molecule has 0 heterocycles. The van der Waals surface area contributed by atoms with Gasteiger partial charge in [0.05, 0.1) is 6.04 Å². The van der Waals surface area contributed by atoms with E-state index in [1.54, 1.807) is 0 Å². The fourth-order valence-electron chi connectivity index (χ4n) is 0.444. The Labute approximate surface area is 59.9 Å². The minimum Gasteiger partial charge on any atom is -0.321 e. The summed E-state index contributed by atoms with van der Waals surface area (Å²) >= 11 is 0. The minimum atomic E-state index is -0.662. The molecule has 0 radical (unpaired) electrons. The van der Waals surface area contributed by atoms with Gasteiger partial charge in [-0.25, -0.2) is 0 Å². The summed E-state index contributed by atoms with van der Waals surface area (Å²) in [7, 11) is 0. The van der Waals surface area contributed by atoms with Gasteiger partial charge in [-0.1, -0.05) is 6.58 Å². The number of hydrogen-bond acceptors (Lipinski definition) is 3. The number of allylic oxidation sites excluding steroid dienone is 1. The molecule has 1 unspecified atom stereocenters. The van der Waals surface area contributed by atoms with Crippen LogP contribution in [0.25, 0.3) is 0 Å². The van der Waals surface area contributed by atoms with Gasteiger partial charge in [-0.2, -0.15) is 0 Å². The molecule has 0 aromatic carbocycles. The van der Waals surface area contributed by atoms with Crippen LogP contribution in [0, 0.1) is 0 Å². The van der Waals surface area contributed by atoms with Gasteiger partial charge in [0.2, 0.25) is 0 Å². The van der Waals surface area contributed by atoms with E-state index >= 15 is 0 Å². The van der Waals surface area contributed by atoms with E-state index in [9.17, 15) is 9.59 Å². The molecule has 3 heteroatoms. The van der Waals surface area contributed by atoms with Crippen LogP contribution in [0.15, 0.2) is 12.7 Å². The second-order valence-electron chi connectivity index (χ2n) is 2.09. The lowest BCUT2D eigenvalue weighted by atomic mass is 10.1. The Morgan fingerprint density at radius 1 is 1.70 bits per heavy atom. The maximum absolute atomic E-state index is 10.6. The van der Waals surface area contributed by atoms with E-state index in [0.717, 1.165) is 0 Å². The molecule has 0 aliphatic carbocycles. The van der Waals surface area contributed by atoms with E-state index in [1.165, 1.54) is 13.0 Å². The zero-order chi connectivity index (χ0) is 8.15. The van der Waals surface area contributed by atoms with Gasteiger partial charge in [-0.05, 0) is 13.0 Å². The first-order valence-corrected chi connectivity index (χ1v) is 2.99. The molecule has 0 saturated heterocycles. The average molecular weight is 141 g/mol. The molecule has 10 heavy (non-hydrogen) atoms. The number of hydrogen-bond donors (Lipinski definition) is 1. The molecule has 0 rings (SSSR count). The van der Waals surface area contributed by atoms with Gasteiger partial charge in [0.25, 0.3) is 0 Å². The molecule has 3 nitrogen and oxygen atoms in total. The van der Waals surface area contributed by atoms with Crippen molar-refractivity contribution in [1.29, 1.82) is 0 Å². The van der Waals surface area contributed by atoms with Crippen molar-refractivity contribution in [2.24, 2.45) is 5.73 Å². The summed E-state index contributed by atoms with van der Waals surface area (Å²) in [6.07, 6.45) is 1.24. The first kappa shape index (κ1) is 9.04. The zero-order valence-corrected chi connectivity index (χ0v) is 5.96. The summed E-state index contributed by atoms with van der Waals surface area (Å²) in [5, 5.41) is 0. The van der Waals surface area contributed by atoms with Crippen LogP contribution in [0.4, 0.5) is 0 Å². The Morgan fingerprint density at radius 2 is 2.20 bits per heavy atom. The minimum absolute atomic E-state index is 0.0683. The molecule has 0 aliphatic heterocycles. The van der Waals surface area contributed by atoms with E-state index in [2.05, 4.69) is 6.58 Å². The summed E-state index contributed by atoms with van der Waals surface area (Å²) in [6.45, 7) is 4.62.